The maximum atomic E-state index is 5.38. The summed E-state index contributed by atoms with van der Waals surface area (Å²) in [5.41, 5.74) is 5.38. The standard InChI is InChI=1S/C12H14BN8/c14-5-1-6-15-13(19-10-2-7-16-19,20-11-3-8-17-20)21-12-4-9-18-21/h1-12H,14H2/q-1. The van der Waals surface area contributed by atoms with Crippen LogP contribution >= 0.6 is 0 Å². The van der Waals surface area contributed by atoms with E-state index in [9.17, 15) is 0 Å². The van der Waals surface area contributed by atoms with Gasteiger partial charge >= 0.3 is 6.69 Å². The molecule has 0 radical (unpaired) electrons. The van der Waals surface area contributed by atoms with E-state index in [1.54, 1.807) is 44.7 Å². The lowest BCUT2D eigenvalue weighted by Crippen LogP contribution is -2.58. The van der Waals surface area contributed by atoms with Crippen LogP contribution in [0.25, 0.3) is 0 Å². The van der Waals surface area contributed by atoms with E-state index < -0.39 is 6.69 Å². The zero-order chi connectivity index (χ0) is 14.5. The van der Waals surface area contributed by atoms with Gasteiger partial charge in [-0.2, -0.15) is 0 Å². The van der Waals surface area contributed by atoms with Gasteiger partial charge in [0.2, 0.25) is 0 Å². The summed E-state index contributed by atoms with van der Waals surface area (Å²) in [5.74, 6) is 0. The average molecular weight is 281 g/mol. The summed E-state index contributed by atoms with van der Waals surface area (Å²) in [5, 5.41) is 13.0. The SMILES string of the molecule is NC=CC=N[B-](n1cccn1)(n1cccn1)n1cccn1. The molecule has 0 unspecified atom stereocenters. The molecule has 0 spiro atoms. The van der Waals surface area contributed by atoms with Gasteiger partial charge in [0.05, 0.1) is 0 Å². The Labute approximate surface area is 121 Å². The van der Waals surface area contributed by atoms with E-state index in [0.29, 0.717) is 0 Å². The summed E-state index contributed by atoms with van der Waals surface area (Å²) >= 11 is 0. The number of hydrogen-bond acceptors (Lipinski definition) is 5. The van der Waals surface area contributed by atoms with Crippen LogP contribution in [-0.4, -0.2) is 42.0 Å². The molecule has 3 heterocycles. The van der Waals surface area contributed by atoms with Crippen molar-refractivity contribution in [2.75, 3.05) is 0 Å². The topological polar surface area (TPSA) is 91.8 Å². The molecule has 0 aromatic carbocycles. The van der Waals surface area contributed by atoms with Crippen molar-refractivity contribution in [3.8, 4) is 0 Å². The summed E-state index contributed by atoms with van der Waals surface area (Å²) < 4.78 is 5.17. The highest BCUT2D eigenvalue weighted by molar-refractivity contribution is 6.73. The Hall–Kier alpha value is -3.10. The molecule has 0 saturated heterocycles. The minimum atomic E-state index is -1.92. The third kappa shape index (κ3) is 2.14. The van der Waals surface area contributed by atoms with Crippen LogP contribution in [0.1, 0.15) is 0 Å². The van der Waals surface area contributed by atoms with Crippen LogP contribution in [0.3, 0.4) is 0 Å². The van der Waals surface area contributed by atoms with Gasteiger partial charge in [-0.3, -0.25) is 0 Å². The summed E-state index contributed by atoms with van der Waals surface area (Å²) in [6.07, 6.45) is 15.2. The van der Waals surface area contributed by atoms with Crippen molar-refractivity contribution in [1.82, 2.24) is 29.1 Å². The third-order valence-corrected chi connectivity index (χ3v) is 3.12. The number of nitrogens with zero attached hydrogens (tertiary/aromatic N) is 7. The fourth-order valence-corrected chi connectivity index (χ4v) is 2.24. The molecule has 0 aliphatic rings. The second kappa shape index (κ2) is 5.49. The Kier molecular flexibility index (Phi) is 3.38. The Morgan fingerprint density at radius 2 is 1.33 bits per heavy atom. The van der Waals surface area contributed by atoms with E-state index in [4.69, 9.17) is 5.73 Å². The van der Waals surface area contributed by atoms with Crippen LogP contribution in [0.4, 0.5) is 0 Å². The van der Waals surface area contributed by atoms with Crippen LogP contribution in [0, 0.1) is 0 Å². The monoisotopic (exact) mass is 281 g/mol. The Morgan fingerprint density at radius 1 is 0.857 bits per heavy atom. The molecule has 9 heteroatoms. The maximum absolute atomic E-state index is 5.38. The molecule has 0 fully saturated rings. The molecule has 3 aromatic rings. The van der Waals surface area contributed by atoms with Crippen LogP contribution in [-0.2, 0) is 0 Å². The predicted molar refractivity (Wildman–Crippen MR) is 80.4 cm³/mol. The van der Waals surface area contributed by atoms with Crippen LogP contribution < -0.4 is 5.73 Å². The summed E-state index contributed by atoms with van der Waals surface area (Å²) in [4.78, 5) is 4.64. The number of aromatic nitrogens is 6. The number of rotatable bonds is 5. The van der Waals surface area contributed by atoms with Crippen LogP contribution in [0.2, 0.25) is 0 Å². The van der Waals surface area contributed by atoms with Gasteiger partial charge < -0.3 is 24.4 Å². The molecule has 3 rings (SSSR count). The largest absolute Gasteiger partial charge is 0.461 e. The second-order valence-corrected chi connectivity index (χ2v) is 4.33. The van der Waals surface area contributed by atoms with E-state index in [-0.39, 0.29) is 0 Å². The minimum absolute atomic E-state index is 1.42. The van der Waals surface area contributed by atoms with Crippen molar-refractivity contribution >= 4 is 12.9 Å². The maximum Gasteiger partial charge on any atom is 0.461 e. The van der Waals surface area contributed by atoms with Crippen molar-refractivity contribution in [2.24, 2.45) is 10.6 Å². The lowest BCUT2D eigenvalue weighted by atomic mass is 9.76. The lowest BCUT2D eigenvalue weighted by Gasteiger charge is -2.37. The second-order valence-electron chi connectivity index (χ2n) is 4.33. The first-order valence-electron chi connectivity index (χ1n) is 6.44. The molecular weight excluding hydrogens is 267 g/mol. The summed E-state index contributed by atoms with van der Waals surface area (Å²) in [7, 11) is 0. The Morgan fingerprint density at radius 3 is 1.67 bits per heavy atom. The molecule has 0 bridgehead atoms. The smallest absolute Gasteiger partial charge is 0.436 e. The van der Waals surface area contributed by atoms with E-state index in [1.807, 2.05) is 36.8 Å². The highest BCUT2D eigenvalue weighted by Crippen LogP contribution is 2.12. The molecule has 2 N–H and O–H groups in total. The molecule has 0 aliphatic heterocycles. The van der Waals surface area contributed by atoms with Gasteiger partial charge in [0, 0.05) is 18.6 Å². The van der Waals surface area contributed by atoms with Gasteiger partial charge in [-0.25, -0.2) is 15.3 Å². The van der Waals surface area contributed by atoms with Gasteiger partial charge in [-0.05, 0) is 55.3 Å². The van der Waals surface area contributed by atoms with Crippen molar-refractivity contribution in [2.45, 2.75) is 0 Å². The molecule has 21 heavy (non-hydrogen) atoms. The van der Waals surface area contributed by atoms with Crippen molar-refractivity contribution < 1.29 is 0 Å². The Balaban J connectivity index is 2.25. The third-order valence-electron chi connectivity index (χ3n) is 3.12. The minimum Gasteiger partial charge on any atom is -0.436 e. The van der Waals surface area contributed by atoms with Crippen molar-refractivity contribution in [3.05, 3.63) is 67.7 Å². The van der Waals surface area contributed by atoms with Crippen LogP contribution in [0.15, 0.2) is 72.6 Å². The average Bonchev–Trinajstić information content (AvgIpc) is 3.28. The summed E-state index contributed by atoms with van der Waals surface area (Å²) in [6, 6.07) is 5.49. The summed E-state index contributed by atoms with van der Waals surface area (Å²) in [6.45, 7) is -1.92. The molecule has 0 amide bonds. The van der Waals surface area contributed by atoms with Gasteiger partial charge in [-0.15, -0.1) is 0 Å². The zero-order valence-electron chi connectivity index (χ0n) is 11.2. The van der Waals surface area contributed by atoms with Gasteiger partial charge in [0.25, 0.3) is 0 Å². The molecule has 3 aromatic heterocycles. The van der Waals surface area contributed by atoms with Crippen molar-refractivity contribution in [1.29, 1.82) is 0 Å². The number of hydrogen-bond donors (Lipinski definition) is 1. The Bertz CT molecular complexity index is 627. The van der Waals surface area contributed by atoms with E-state index in [2.05, 4.69) is 20.2 Å². The molecule has 0 atom stereocenters. The fraction of sp³-hybridized carbons (Fsp3) is 0. The highest BCUT2D eigenvalue weighted by atomic mass is 15.5. The predicted octanol–water partition coefficient (Wildman–Crippen LogP) is 0.200. The van der Waals surface area contributed by atoms with E-state index in [0.717, 1.165) is 0 Å². The van der Waals surface area contributed by atoms with Gasteiger partial charge in [0.1, 0.15) is 0 Å². The normalized spacial score (nSPS) is 12.6. The fourth-order valence-electron chi connectivity index (χ4n) is 2.24. The molecule has 0 saturated carbocycles. The number of allylic oxidation sites excluding steroid dienone is 1. The van der Waals surface area contributed by atoms with Gasteiger partial charge in [-0.1, -0.05) is 0 Å². The lowest BCUT2D eigenvalue weighted by molar-refractivity contribution is 0.722. The molecule has 8 nitrogen and oxygen atoms in total. The van der Waals surface area contributed by atoms with Gasteiger partial charge in [0.15, 0.2) is 0 Å². The molecule has 106 valence electrons. The molecular formula is C12H14BN8-. The molecule has 0 aliphatic carbocycles. The zero-order valence-corrected chi connectivity index (χ0v) is 11.2. The quantitative estimate of drug-likeness (QED) is 0.534. The first kappa shape index (κ1) is 12.9. The first-order chi connectivity index (χ1) is 10.4. The van der Waals surface area contributed by atoms with E-state index >= 15 is 0 Å². The van der Waals surface area contributed by atoms with E-state index in [1.165, 1.54) is 6.20 Å². The number of nitrogens with two attached hydrogens (primary N) is 1. The highest BCUT2D eigenvalue weighted by Gasteiger charge is 2.34. The van der Waals surface area contributed by atoms with Crippen molar-refractivity contribution in [3.63, 3.8) is 0 Å². The van der Waals surface area contributed by atoms with Crippen LogP contribution in [0.5, 0.6) is 0 Å². The first-order valence-corrected chi connectivity index (χ1v) is 6.44.